The molecule has 21 heavy (non-hydrogen) atoms. The number of para-hydroxylation sites is 1. The van der Waals surface area contributed by atoms with Gasteiger partial charge in [0.15, 0.2) is 6.10 Å². The van der Waals surface area contributed by atoms with E-state index in [-0.39, 0.29) is 23.3 Å². The summed E-state index contributed by atoms with van der Waals surface area (Å²) >= 11 is 0. The Hall–Kier alpha value is -2.04. The first-order valence-electron chi connectivity index (χ1n) is 7.29. The van der Waals surface area contributed by atoms with Gasteiger partial charge in [0.1, 0.15) is 11.3 Å². The van der Waals surface area contributed by atoms with Gasteiger partial charge in [-0.1, -0.05) is 25.0 Å². The van der Waals surface area contributed by atoms with Crippen molar-refractivity contribution in [1.82, 2.24) is 5.32 Å². The van der Waals surface area contributed by atoms with Gasteiger partial charge in [-0.05, 0) is 38.3 Å². The fraction of sp³-hybridized carbons (Fsp3) is 0.500. The quantitative estimate of drug-likeness (QED) is 0.835. The van der Waals surface area contributed by atoms with Crippen LogP contribution in [0.5, 0.6) is 5.75 Å². The summed E-state index contributed by atoms with van der Waals surface area (Å²) in [6.07, 6.45) is 3.32. The standard InChI is InChI=1S/C16H21NO4/c1-10-6-5-9-13(14(10)18)16(20)21-11(2)15(19)17-12-7-3-4-8-12/h5-6,9,11-12,18H,3-4,7-8H2,1-2H3,(H,17,19)/t11-/m1/s1. The molecular formula is C16H21NO4. The summed E-state index contributed by atoms with van der Waals surface area (Å²) in [4.78, 5) is 24.0. The van der Waals surface area contributed by atoms with Crippen LogP contribution < -0.4 is 5.32 Å². The van der Waals surface area contributed by atoms with Gasteiger partial charge in [-0.3, -0.25) is 4.79 Å². The molecule has 114 valence electrons. The Morgan fingerprint density at radius 1 is 1.33 bits per heavy atom. The van der Waals surface area contributed by atoms with Crippen molar-refractivity contribution in [2.45, 2.75) is 51.7 Å². The second-order valence-electron chi connectivity index (χ2n) is 5.51. The smallest absolute Gasteiger partial charge is 0.342 e. The van der Waals surface area contributed by atoms with E-state index in [0.717, 1.165) is 25.7 Å². The first kappa shape index (κ1) is 15.4. The maximum atomic E-state index is 12.0. The molecule has 0 saturated heterocycles. The van der Waals surface area contributed by atoms with Crippen LogP contribution in [0.3, 0.4) is 0 Å². The third kappa shape index (κ3) is 3.74. The highest BCUT2D eigenvalue weighted by Gasteiger charge is 2.24. The zero-order valence-corrected chi connectivity index (χ0v) is 12.4. The molecule has 1 aliphatic rings. The summed E-state index contributed by atoms with van der Waals surface area (Å²) in [5.74, 6) is -1.08. The molecule has 0 heterocycles. The molecule has 0 unspecified atom stereocenters. The van der Waals surface area contributed by atoms with Gasteiger partial charge >= 0.3 is 5.97 Å². The van der Waals surface area contributed by atoms with Gasteiger partial charge < -0.3 is 15.2 Å². The molecule has 5 heteroatoms. The van der Waals surface area contributed by atoms with E-state index in [9.17, 15) is 14.7 Å². The number of carbonyl (C=O) groups excluding carboxylic acids is 2. The van der Waals surface area contributed by atoms with Gasteiger partial charge in [0.25, 0.3) is 5.91 Å². The van der Waals surface area contributed by atoms with Crippen molar-refractivity contribution < 1.29 is 19.4 Å². The van der Waals surface area contributed by atoms with Crippen molar-refractivity contribution in [3.63, 3.8) is 0 Å². The van der Waals surface area contributed by atoms with Gasteiger partial charge in [0, 0.05) is 6.04 Å². The van der Waals surface area contributed by atoms with Crippen LogP contribution in [0.25, 0.3) is 0 Å². The van der Waals surface area contributed by atoms with Crippen molar-refractivity contribution in [3.8, 4) is 5.75 Å². The summed E-state index contributed by atoms with van der Waals surface area (Å²) in [6, 6.07) is 5.02. The van der Waals surface area contributed by atoms with Crippen molar-refractivity contribution in [1.29, 1.82) is 0 Å². The van der Waals surface area contributed by atoms with Gasteiger partial charge in [0.05, 0.1) is 0 Å². The molecule has 0 bridgehead atoms. The molecule has 0 radical (unpaired) electrons. The van der Waals surface area contributed by atoms with Gasteiger partial charge in [0.2, 0.25) is 0 Å². The lowest BCUT2D eigenvalue weighted by molar-refractivity contribution is -0.129. The normalized spacial score (nSPS) is 16.5. The number of benzene rings is 1. The topological polar surface area (TPSA) is 75.6 Å². The largest absolute Gasteiger partial charge is 0.507 e. The fourth-order valence-electron chi connectivity index (χ4n) is 2.49. The minimum Gasteiger partial charge on any atom is -0.507 e. The number of ether oxygens (including phenoxy) is 1. The van der Waals surface area contributed by atoms with Crippen molar-refractivity contribution in [2.24, 2.45) is 0 Å². The molecule has 2 rings (SSSR count). The highest BCUT2D eigenvalue weighted by molar-refractivity contribution is 5.94. The van der Waals surface area contributed by atoms with E-state index < -0.39 is 12.1 Å². The van der Waals surface area contributed by atoms with E-state index in [1.807, 2.05) is 0 Å². The Morgan fingerprint density at radius 2 is 2.00 bits per heavy atom. The van der Waals surface area contributed by atoms with Gasteiger partial charge in [-0.25, -0.2) is 4.79 Å². The van der Waals surface area contributed by atoms with Crippen LogP contribution in [0.1, 0.15) is 48.5 Å². The second-order valence-corrected chi connectivity index (χ2v) is 5.51. The molecule has 1 aromatic rings. The molecule has 2 N–H and O–H groups in total. The Bertz CT molecular complexity index is 535. The molecule has 1 fully saturated rings. The SMILES string of the molecule is Cc1cccc(C(=O)O[C@H](C)C(=O)NC2CCCC2)c1O. The number of hydrogen-bond acceptors (Lipinski definition) is 4. The first-order valence-corrected chi connectivity index (χ1v) is 7.29. The summed E-state index contributed by atoms with van der Waals surface area (Å²) in [5, 5.41) is 12.7. The van der Waals surface area contributed by atoms with Crippen LogP contribution in [0.2, 0.25) is 0 Å². The molecule has 0 spiro atoms. The molecule has 0 aromatic heterocycles. The number of hydrogen-bond donors (Lipinski definition) is 2. The van der Waals surface area contributed by atoms with E-state index >= 15 is 0 Å². The zero-order valence-electron chi connectivity index (χ0n) is 12.4. The average Bonchev–Trinajstić information content (AvgIpc) is 2.94. The van der Waals surface area contributed by atoms with E-state index in [1.165, 1.54) is 13.0 Å². The number of phenols is 1. The Labute approximate surface area is 124 Å². The van der Waals surface area contributed by atoms with Crippen LogP contribution >= 0.6 is 0 Å². The Balaban J connectivity index is 1.95. The molecule has 1 saturated carbocycles. The lowest BCUT2D eigenvalue weighted by atomic mass is 10.1. The summed E-state index contributed by atoms with van der Waals surface area (Å²) in [5.41, 5.74) is 0.669. The monoisotopic (exact) mass is 291 g/mol. The third-order valence-corrected chi connectivity index (χ3v) is 3.81. The predicted octanol–water partition coefficient (Wildman–Crippen LogP) is 2.30. The number of nitrogens with one attached hydrogen (secondary N) is 1. The summed E-state index contributed by atoms with van der Waals surface area (Å²) < 4.78 is 5.13. The van der Waals surface area contributed by atoms with Crippen LogP contribution in [-0.2, 0) is 9.53 Å². The summed E-state index contributed by atoms with van der Waals surface area (Å²) in [6.45, 7) is 3.23. The number of aryl methyl sites for hydroxylation is 1. The molecule has 5 nitrogen and oxygen atoms in total. The molecule has 1 aliphatic carbocycles. The van der Waals surface area contributed by atoms with Crippen molar-refractivity contribution in [3.05, 3.63) is 29.3 Å². The van der Waals surface area contributed by atoms with Crippen LogP contribution in [0.15, 0.2) is 18.2 Å². The van der Waals surface area contributed by atoms with E-state index in [1.54, 1.807) is 19.1 Å². The van der Waals surface area contributed by atoms with E-state index in [4.69, 9.17) is 4.74 Å². The first-order chi connectivity index (χ1) is 9.99. The number of aromatic hydroxyl groups is 1. The maximum absolute atomic E-state index is 12.0. The third-order valence-electron chi connectivity index (χ3n) is 3.81. The minimum atomic E-state index is -0.877. The number of esters is 1. The van der Waals surface area contributed by atoms with E-state index in [0.29, 0.717) is 5.56 Å². The number of rotatable bonds is 4. The minimum absolute atomic E-state index is 0.0792. The van der Waals surface area contributed by atoms with Crippen LogP contribution in [-0.4, -0.2) is 29.1 Å². The predicted molar refractivity (Wildman–Crippen MR) is 78.1 cm³/mol. The van der Waals surface area contributed by atoms with Gasteiger partial charge in [-0.2, -0.15) is 0 Å². The number of phenolic OH excluding ortho intramolecular Hbond substituents is 1. The number of carbonyl (C=O) groups is 2. The second kappa shape index (κ2) is 6.61. The zero-order chi connectivity index (χ0) is 15.4. The van der Waals surface area contributed by atoms with Gasteiger partial charge in [-0.15, -0.1) is 0 Å². The maximum Gasteiger partial charge on any atom is 0.342 e. The Morgan fingerprint density at radius 3 is 2.67 bits per heavy atom. The van der Waals surface area contributed by atoms with Crippen LogP contribution in [0.4, 0.5) is 0 Å². The average molecular weight is 291 g/mol. The number of amides is 1. The lowest BCUT2D eigenvalue weighted by Crippen LogP contribution is -2.40. The molecule has 1 atom stereocenters. The van der Waals surface area contributed by atoms with Crippen molar-refractivity contribution >= 4 is 11.9 Å². The Kier molecular flexibility index (Phi) is 4.83. The molecular weight excluding hydrogens is 270 g/mol. The molecule has 1 amide bonds. The molecule has 0 aliphatic heterocycles. The van der Waals surface area contributed by atoms with Crippen molar-refractivity contribution in [2.75, 3.05) is 0 Å². The van der Waals surface area contributed by atoms with Crippen LogP contribution in [0, 0.1) is 6.92 Å². The van der Waals surface area contributed by atoms with E-state index in [2.05, 4.69) is 5.32 Å². The summed E-state index contributed by atoms with van der Waals surface area (Å²) in [7, 11) is 0. The molecule has 1 aromatic carbocycles. The lowest BCUT2D eigenvalue weighted by Gasteiger charge is -2.17. The fourth-order valence-corrected chi connectivity index (χ4v) is 2.49. The highest BCUT2D eigenvalue weighted by Crippen LogP contribution is 2.22. The highest BCUT2D eigenvalue weighted by atomic mass is 16.5.